The number of aromatic nitrogens is 4. The highest BCUT2D eigenvalue weighted by Gasteiger charge is 2.21. The van der Waals surface area contributed by atoms with Crippen LogP contribution in [0.5, 0.6) is 0 Å². The Kier molecular flexibility index (Phi) is 9.14. The third-order valence-corrected chi connectivity index (χ3v) is 11.4. The molecule has 11 aromatic rings. The van der Waals surface area contributed by atoms with E-state index in [4.69, 9.17) is 15.1 Å². The van der Waals surface area contributed by atoms with Crippen molar-refractivity contribution in [2.75, 3.05) is 0 Å². The average Bonchev–Trinajstić information content (AvgIpc) is 3.76. The molecule has 2 heterocycles. The number of hydrogen-bond donors (Lipinski definition) is 0. The Balaban J connectivity index is 1.08. The van der Waals surface area contributed by atoms with E-state index in [1.807, 2.05) is 18.2 Å². The normalized spacial score (nSPS) is 11.3. The van der Waals surface area contributed by atoms with Gasteiger partial charge in [0.2, 0.25) is 0 Å². The maximum atomic E-state index is 5.43. The number of fused-ring (bicyclic) bond motifs is 3. The van der Waals surface area contributed by atoms with E-state index in [2.05, 4.69) is 217 Å². The van der Waals surface area contributed by atoms with Crippen molar-refractivity contribution in [3.05, 3.63) is 231 Å². The molecule has 0 fully saturated rings. The van der Waals surface area contributed by atoms with Gasteiger partial charge in [-0.1, -0.05) is 194 Å². The van der Waals surface area contributed by atoms with Gasteiger partial charge in [-0.15, -0.1) is 0 Å². The fourth-order valence-electron chi connectivity index (χ4n) is 8.42. The summed E-state index contributed by atoms with van der Waals surface area (Å²) in [5, 5.41) is 8.88. The fraction of sp³-hybridized carbons (Fsp3) is 0. The molecular weight excluding hydrogens is 741 g/mol. The molecule has 2 aromatic heterocycles. The molecule has 0 aliphatic heterocycles. The minimum absolute atomic E-state index is 0.673. The highest BCUT2D eigenvalue weighted by atomic mass is 15.3. The molecule has 0 saturated heterocycles. The summed E-state index contributed by atoms with van der Waals surface area (Å²) < 4.78 is 2.11. The summed E-state index contributed by atoms with van der Waals surface area (Å²) in [4.78, 5) is 10.5. The first-order chi connectivity index (χ1) is 30.2. The second-order valence-corrected chi connectivity index (χ2v) is 15.3. The lowest BCUT2D eigenvalue weighted by Crippen LogP contribution is -1.97. The van der Waals surface area contributed by atoms with Crippen LogP contribution in [0.4, 0.5) is 0 Å². The second kappa shape index (κ2) is 15.5. The van der Waals surface area contributed by atoms with E-state index in [1.165, 1.54) is 5.39 Å². The SMILES string of the molecule is c1ccc(-c2cccc(-c3cc(-c4ccc(-c5nn(-c6ccccc6)c6c5c(-c5ccccc5)cc5ccccc56)cc4)nc(-c4cccc(-c5ccccc5)c4)n3)c2)cc1. The third-order valence-electron chi connectivity index (χ3n) is 11.4. The summed E-state index contributed by atoms with van der Waals surface area (Å²) in [5.41, 5.74) is 15.6. The maximum absolute atomic E-state index is 5.43. The van der Waals surface area contributed by atoms with Crippen molar-refractivity contribution in [1.29, 1.82) is 0 Å². The van der Waals surface area contributed by atoms with Crippen LogP contribution in [0.3, 0.4) is 0 Å². The molecule has 0 aliphatic carbocycles. The number of hydrogen-bond acceptors (Lipinski definition) is 3. The van der Waals surface area contributed by atoms with Crippen molar-refractivity contribution >= 4 is 21.7 Å². The molecule has 0 atom stereocenters. The summed E-state index contributed by atoms with van der Waals surface area (Å²) >= 11 is 0. The predicted molar refractivity (Wildman–Crippen MR) is 252 cm³/mol. The first kappa shape index (κ1) is 35.9. The van der Waals surface area contributed by atoms with Crippen LogP contribution in [-0.4, -0.2) is 19.7 Å². The first-order valence-electron chi connectivity index (χ1n) is 20.6. The van der Waals surface area contributed by atoms with Crippen LogP contribution in [0.2, 0.25) is 0 Å². The molecule has 0 spiro atoms. The van der Waals surface area contributed by atoms with Gasteiger partial charge >= 0.3 is 0 Å². The second-order valence-electron chi connectivity index (χ2n) is 15.3. The quantitative estimate of drug-likeness (QED) is 0.154. The van der Waals surface area contributed by atoms with Crippen molar-refractivity contribution in [3.63, 3.8) is 0 Å². The van der Waals surface area contributed by atoms with Gasteiger partial charge in [-0.05, 0) is 75.2 Å². The topological polar surface area (TPSA) is 43.6 Å². The van der Waals surface area contributed by atoms with Crippen LogP contribution in [0.15, 0.2) is 231 Å². The number of rotatable bonds is 8. The zero-order valence-electron chi connectivity index (χ0n) is 33.2. The van der Waals surface area contributed by atoms with E-state index in [0.717, 1.165) is 94.7 Å². The van der Waals surface area contributed by atoms with E-state index in [9.17, 15) is 0 Å². The molecule has 0 unspecified atom stereocenters. The lowest BCUT2D eigenvalue weighted by molar-refractivity contribution is 0.918. The monoisotopic (exact) mass is 778 g/mol. The van der Waals surface area contributed by atoms with E-state index >= 15 is 0 Å². The molecule has 0 radical (unpaired) electrons. The van der Waals surface area contributed by atoms with Crippen molar-refractivity contribution in [2.24, 2.45) is 0 Å². The Morgan fingerprint density at radius 1 is 0.328 bits per heavy atom. The molecular formula is C57H38N4. The van der Waals surface area contributed by atoms with Gasteiger partial charge in [0.05, 0.1) is 22.6 Å². The van der Waals surface area contributed by atoms with Gasteiger partial charge in [0.25, 0.3) is 0 Å². The summed E-state index contributed by atoms with van der Waals surface area (Å²) in [7, 11) is 0. The van der Waals surface area contributed by atoms with Gasteiger partial charge in [-0.3, -0.25) is 0 Å². The summed E-state index contributed by atoms with van der Waals surface area (Å²) in [6.07, 6.45) is 0. The first-order valence-corrected chi connectivity index (χ1v) is 20.6. The smallest absolute Gasteiger partial charge is 0.160 e. The minimum atomic E-state index is 0.673. The highest BCUT2D eigenvalue weighted by Crippen LogP contribution is 2.42. The predicted octanol–water partition coefficient (Wildman–Crippen LogP) is 14.6. The highest BCUT2D eigenvalue weighted by molar-refractivity contribution is 6.17. The van der Waals surface area contributed by atoms with Gasteiger partial charge < -0.3 is 0 Å². The van der Waals surface area contributed by atoms with Crippen molar-refractivity contribution in [3.8, 4) is 84.2 Å². The van der Waals surface area contributed by atoms with Gasteiger partial charge in [-0.25, -0.2) is 14.6 Å². The average molecular weight is 779 g/mol. The van der Waals surface area contributed by atoms with Crippen LogP contribution in [0.1, 0.15) is 0 Å². The molecule has 11 rings (SSSR count). The lowest BCUT2D eigenvalue weighted by Gasteiger charge is -2.12. The van der Waals surface area contributed by atoms with Crippen molar-refractivity contribution in [1.82, 2.24) is 19.7 Å². The fourth-order valence-corrected chi connectivity index (χ4v) is 8.42. The summed E-state index contributed by atoms with van der Waals surface area (Å²) in [6.45, 7) is 0. The Morgan fingerprint density at radius 2 is 0.820 bits per heavy atom. The molecule has 4 heteroatoms. The molecule has 9 aromatic carbocycles. The van der Waals surface area contributed by atoms with Crippen LogP contribution >= 0.6 is 0 Å². The zero-order valence-corrected chi connectivity index (χ0v) is 33.2. The molecule has 4 nitrogen and oxygen atoms in total. The zero-order chi connectivity index (χ0) is 40.5. The third kappa shape index (κ3) is 6.86. The molecule has 0 bridgehead atoms. The molecule has 286 valence electrons. The van der Waals surface area contributed by atoms with Crippen LogP contribution in [-0.2, 0) is 0 Å². The molecule has 0 amide bonds. The summed E-state index contributed by atoms with van der Waals surface area (Å²) in [6, 6.07) is 80.9. The molecule has 0 aliphatic rings. The Labute approximate surface area is 354 Å². The van der Waals surface area contributed by atoms with E-state index in [0.29, 0.717) is 5.82 Å². The van der Waals surface area contributed by atoms with Crippen molar-refractivity contribution < 1.29 is 0 Å². The molecule has 0 saturated carbocycles. The van der Waals surface area contributed by atoms with E-state index < -0.39 is 0 Å². The Hall–Kier alpha value is -8.21. The lowest BCUT2D eigenvalue weighted by atomic mass is 9.93. The van der Waals surface area contributed by atoms with Gasteiger partial charge in [-0.2, -0.15) is 5.10 Å². The number of benzene rings is 9. The molecule has 61 heavy (non-hydrogen) atoms. The van der Waals surface area contributed by atoms with Gasteiger partial charge in [0.15, 0.2) is 5.82 Å². The standard InChI is InChI=1S/C57H38N4/c1-5-17-39(18-6-1)44-24-15-26-47(35-44)53-38-52(58-57(59-53)48-27-16-25-45(36-48)40-19-7-2-8-20-40)42-31-33-43(34-32-42)55-54-51(41-21-9-3-10-22-41)37-46-23-13-14-30-50(46)56(54)61(60-55)49-28-11-4-12-29-49/h1-38H. The van der Waals surface area contributed by atoms with Crippen LogP contribution in [0, 0.1) is 0 Å². The van der Waals surface area contributed by atoms with Gasteiger partial charge in [0.1, 0.15) is 5.69 Å². The minimum Gasteiger partial charge on any atom is -0.232 e. The summed E-state index contributed by atoms with van der Waals surface area (Å²) in [5.74, 6) is 0.673. The number of para-hydroxylation sites is 1. The Morgan fingerprint density at radius 3 is 1.48 bits per heavy atom. The largest absolute Gasteiger partial charge is 0.232 e. The maximum Gasteiger partial charge on any atom is 0.160 e. The van der Waals surface area contributed by atoms with Crippen molar-refractivity contribution in [2.45, 2.75) is 0 Å². The van der Waals surface area contributed by atoms with Gasteiger partial charge in [0, 0.05) is 33.0 Å². The number of nitrogens with zero attached hydrogens (tertiary/aromatic N) is 4. The molecule has 0 N–H and O–H groups in total. The van der Waals surface area contributed by atoms with E-state index in [1.54, 1.807) is 0 Å². The van der Waals surface area contributed by atoms with E-state index in [-0.39, 0.29) is 0 Å². The van der Waals surface area contributed by atoms with Crippen LogP contribution in [0.25, 0.3) is 106 Å². The Bertz CT molecular complexity index is 3220. The van der Waals surface area contributed by atoms with Crippen LogP contribution < -0.4 is 0 Å².